The third kappa shape index (κ3) is 3.44. The van der Waals surface area contributed by atoms with Gasteiger partial charge in [-0.1, -0.05) is 72.3 Å². The van der Waals surface area contributed by atoms with Crippen molar-refractivity contribution in [2.75, 3.05) is 5.32 Å². The van der Waals surface area contributed by atoms with Crippen LogP contribution in [-0.4, -0.2) is 0 Å². The molecule has 1 N–H and O–H groups in total. The van der Waals surface area contributed by atoms with Gasteiger partial charge in [0.05, 0.1) is 6.04 Å². The van der Waals surface area contributed by atoms with E-state index in [1.807, 2.05) is 0 Å². The zero-order valence-corrected chi connectivity index (χ0v) is 17.1. The fourth-order valence-corrected chi connectivity index (χ4v) is 4.73. The van der Waals surface area contributed by atoms with Gasteiger partial charge in [0.2, 0.25) is 0 Å². The largest absolute Gasteiger partial charge is 0.489 e. The van der Waals surface area contributed by atoms with Gasteiger partial charge in [-0.05, 0) is 60.6 Å². The van der Waals surface area contributed by atoms with Crippen molar-refractivity contribution in [2.24, 2.45) is 5.92 Å². The highest BCUT2D eigenvalue weighted by Crippen LogP contribution is 2.50. The second-order valence-electron chi connectivity index (χ2n) is 8.36. The van der Waals surface area contributed by atoms with Crippen molar-refractivity contribution >= 4 is 5.69 Å². The topological polar surface area (TPSA) is 21.3 Å². The molecule has 0 radical (unpaired) electrons. The molecule has 2 nitrogen and oxygen atoms in total. The summed E-state index contributed by atoms with van der Waals surface area (Å²) in [7, 11) is 0. The fraction of sp³-hybridized carbons (Fsp3) is 0.259. The quantitative estimate of drug-likeness (QED) is 0.507. The first kappa shape index (κ1) is 18.1. The maximum absolute atomic E-state index is 6.00. The van der Waals surface area contributed by atoms with Gasteiger partial charge in [-0.3, -0.25) is 0 Å². The summed E-state index contributed by atoms with van der Waals surface area (Å²) in [6.07, 6.45) is 5.87. The van der Waals surface area contributed by atoms with E-state index in [1.165, 1.54) is 33.5 Å². The highest BCUT2D eigenvalue weighted by atomic mass is 16.5. The molecule has 0 spiro atoms. The third-order valence-corrected chi connectivity index (χ3v) is 6.37. The molecule has 3 atom stereocenters. The molecule has 0 saturated heterocycles. The van der Waals surface area contributed by atoms with E-state index in [2.05, 4.69) is 98.0 Å². The summed E-state index contributed by atoms with van der Waals surface area (Å²) in [6.45, 7) is 4.90. The van der Waals surface area contributed by atoms with Gasteiger partial charge in [0.15, 0.2) is 0 Å². The molecule has 2 heteroatoms. The lowest BCUT2D eigenvalue weighted by Crippen LogP contribution is -2.29. The van der Waals surface area contributed by atoms with Crippen molar-refractivity contribution in [3.8, 4) is 5.75 Å². The zero-order chi connectivity index (χ0) is 19.8. The molecule has 0 saturated carbocycles. The van der Waals surface area contributed by atoms with Gasteiger partial charge in [-0.25, -0.2) is 0 Å². The van der Waals surface area contributed by atoms with Crippen molar-refractivity contribution in [1.82, 2.24) is 0 Å². The Hall–Kier alpha value is -3.00. The van der Waals surface area contributed by atoms with Crippen LogP contribution in [0.4, 0.5) is 5.69 Å². The van der Waals surface area contributed by atoms with Crippen molar-refractivity contribution in [1.29, 1.82) is 0 Å². The Kier molecular flexibility index (Phi) is 4.63. The highest BCUT2D eigenvalue weighted by molar-refractivity contribution is 5.64. The van der Waals surface area contributed by atoms with E-state index in [4.69, 9.17) is 4.74 Å². The van der Waals surface area contributed by atoms with E-state index < -0.39 is 0 Å². The second kappa shape index (κ2) is 7.44. The summed E-state index contributed by atoms with van der Waals surface area (Å²) >= 11 is 0. The van der Waals surface area contributed by atoms with E-state index in [1.54, 1.807) is 0 Å². The number of para-hydroxylation sites is 1. The Morgan fingerprint density at radius 2 is 1.72 bits per heavy atom. The molecule has 3 aromatic rings. The molecule has 3 aromatic carbocycles. The van der Waals surface area contributed by atoms with Gasteiger partial charge in [0.25, 0.3) is 0 Å². The van der Waals surface area contributed by atoms with Crippen molar-refractivity contribution in [3.05, 3.63) is 107 Å². The SMILES string of the molecule is Cc1ccc(COc2ccc([C@@H]3Nc4c(C)cccc4[C@@H]4C=CC[C@@H]43)cc2)cc1. The molecule has 0 unspecified atom stereocenters. The number of benzene rings is 3. The van der Waals surface area contributed by atoms with Gasteiger partial charge in [0.1, 0.15) is 12.4 Å². The number of nitrogens with one attached hydrogen (secondary N) is 1. The van der Waals surface area contributed by atoms with Crippen molar-refractivity contribution in [3.63, 3.8) is 0 Å². The van der Waals surface area contributed by atoms with Crippen LogP contribution in [0.25, 0.3) is 0 Å². The molecule has 1 aliphatic heterocycles. The van der Waals surface area contributed by atoms with Crippen molar-refractivity contribution < 1.29 is 4.74 Å². The van der Waals surface area contributed by atoms with Crippen LogP contribution in [0, 0.1) is 19.8 Å². The van der Waals surface area contributed by atoms with Gasteiger partial charge in [-0.15, -0.1) is 0 Å². The van der Waals surface area contributed by atoms with E-state index in [0.29, 0.717) is 24.5 Å². The van der Waals surface area contributed by atoms with Crippen LogP contribution < -0.4 is 10.1 Å². The number of ether oxygens (including phenoxy) is 1. The monoisotopic (exact) mass is 381 g/mol. The number of anilines is 1. The molecule has 1 heterocycles. The normalized spacial score (nSPS) is 21.9. The molecular formula is C27H27NO. The minimum atomic E-state index is 0.328. The van der Waals surface area contributed by atoms with E-state index in [0.717, 1.165) is 12.2 Å². The average molecular weight is 382 g/mol. The summed E-state index contributed by atoms with van der Waals surface area (Å²) < 4.78 is 6.00. The fourth-order valence-electron chi connectivity index (χ4n) is 4.73. The standard InChI is InChI=1S/C27H27NO/c1-18-9-11-20(12-10-18)17-29-22-15-13-21(14-16-22)27-25-8-4-6-23(25)24-7-3-5-19(2)26(24)28-27/h3-7,9-16,23,25,27-28H,8,17H2,1-2H3/t23-,25-,27-/m0/s1. The summed E-state index contributed by atoms with van der Waals surface area (Å²) in [5.74, 6) is 2.00. The number of allylic oxidation sites excluding steroid dienone is 2. The van der Waals surface area contributed by atoms with Crippen LogP contribution in [0.5, 0.6) is 5.75 Å². The molecule has 146 valence electrons. The van der Waals surface area contributed by atoms with E-state index in [-0.39, 0.29) is 0 Å². The predicted octanol–water partition coefficient (Wildman–Crippen LogP) is 6.71. The lowest BCUT2D eigenvalue weighted by atomic mass is 9.76. The Balaban J connectivity index is 1.34. The van der Waals surface area contributed by atoms with Gasteiger partial charge in [-0.2, -0.15) is 0 Å². The summed E-state index contributed by atoms with van der Waals surface area (Å²) in [6, 6.07) is 24.2. The molecular weight excluding hydrogens is 354 g/mol. The highest BCUT2D eigenvalue weighted by Gasteiger charge is 2.38. The van der Waals surface area contributed by atoms with Crippen LogP contribution in [-0.2, 0) is 6.61 Å². The summed E-state index contributed by atoms with van der Waals surface area (Å²) in [5, 5.41) is 3.85. The lowest BCUT2D eigenvalue weighted by Gasteiger charge is -2.38. The van der Waals surface area contributed by atoms with Gasteiger partial charge >= 0.3 is 0 Å². The molecule has 1 aliphatic carbocycles. The Labute approximate surface area is 173 Å². The first-order valence-electron chi connectivity index (χ1n) is 10.5. The molecule has 0 bridgehead atoms. The molecule has 0 fully saturated rings. The molecule has 0 aromatic heterocycles. The first-order chi connectivity index (χ1) is 14.2. The van der Waals surface area contributed by atoms with Crippen LogP contribution >= 0.6 is 0 Å². The average Bonchev–Trinajstić information content (AvgIpc) is 3.24. The number of hydrogen-bond donors (Lipinski definition) is 1. The maximum Gasteiger partial charge on any atom is 0.119 e. The van der Waals surface area contributed by atoms with Crippen LogP contribution in [0.15, 0.2) is 78.9 Å². The van der Waals surface area contributed by atoms with Gasteiger partial charge in [0, 0.05) is 11.6 Å². The molecule has 5 rings (SSSR count). The maximum atomic E-state index is 6.00. The predicted molar refractivity (Wildman–Crippen MR) is 119 cm³/mol. The molecule has 29 heavy (non-hydrogen) atoms. The van der Waals surface area contributed by atoms with Crippen molar-refractivity contribution in [2.45, 2.75) is 38.8 Å². The van der Waals surface area contributed by atoms with E-state index >= 15 is 0 Å². The second-order valence-corrected chi connectivity index (χ2v) is 8.36. The Bertz CT molecular complexity index is 1030. The molecule has 2 aliphatic rings. The van der Waals surface area contributed by atoms with Crippen LogP contribution in [0.2, 0.25) is 0 Å². The van der Waals surface area contributed by atoms with Crippen LogP contribution in [0.1, 0.15) is 46.2 Å². The number of rotatable bonds is 4. The molecule has 0 amide bonds. The number of fused-ring (bicyclic) bond motifs is 3. The van der Waals surface area contributed by atoms with Crippen LogP contribution in [0.3, 0.4) is 0 Å². The van der Waals surface area contributed by atoms with E-state index in [9.17, 15) is 0 Å². The number of aryl methyl sites for hydroxylation is 2. The summed E-state index contributed by atoms with van der Waals surface area (Å²) in [5.41, 5.74) is 7.88. The minimum Gasteiger partial charge on any atom is -0.489 e. The number of hydrogen-bond acceptors (Lipinski definition) is 2. The third-order valence-electron chi connectivity index (χ3n) is 6.37. The van der Waals surface area contributed by atoms with Gasteiger partial charge < -0.3 is 10.1 Å². The first-order valence-corrected chi connectivity index (χ1v) is 10.5. The summed E-state index contributed by atoms with van der Waals surface area (Å²) in [4.78, 5) is 0. The zero-order valence-electron chi connectivity index (χ0n) is 17.1. The Morgan fingerprint density at radius 1 is 0.931 bits per heavy atom. The lowest BCUT2D eigenvalue weighted by molar-refractivity contribution is 0.306. The smallest absolute Gasteiger partial charge is 0.119 e. The Morgan fingerprint density at radius 3 is 2.52 bits per heavy atom. The minimum absolute atomic E-state index is 0.328.